The molecule has 1 aliphatic heterocycles. The SMILES string of the molecule is CC(C)(C)OC(=O)N1CCN(C2c3ccc(CI)cc3C(Cn3ccnc3CO)=Cc3cccnc32)CC1. The number of pyridine rings is 1. The minimum atomic E-state index is -0.513. The Morgan fingerprint density at radius 1 is 1.13 bits per heavy atom. The quantitative estimate of drug-likeness (QED) is 0.320. The van der Waals surface area contributed by atoms with Gasteiger partial charge >= 0.3 is 6.09 Å². The summed E-state index contributed by atoms with van der Waals surface area (Å²) in [7, 11) is 0. The Morgan fingerprint density at radius 2 is 1.92 bits per heavy atom. The van der Waals surface area contributed by atoms with E-state index < -0.39 is 5.60 Å². The third-order valence-corrected chi connectivity index (χ3v) is 7.87. The molecule has 200 valence electrons. The van der Waals surface area contributed by atoms with Crippen molar-refractivity contribution in [3.05, 3.63) is 82.7 Å². The van der Waals surface area contributed by atoms with E-state index in [0.717, 1.165) is 34.3 Å². The van der Waals surface area contributed by atoms with E-state index >= 15 is 0 Å². The maximum absolute atomic E-state index is 12.7. The standard InChI is InChI=1S/C29H34IN5O3/c1-29(2,3)38-28(37)34-13-11-33(12-14-34)27-23-7-6-20(17-30)15-24(23)22(16-21-5-4-8-32-26(21)27)18-35-10-9-31-25(35)19-36/h4-10,15-16,27,36H,11-14,17-19H2,1-3H3. The highest BCUT2D eigenvalue weighted by Gasteiger charge is 2.34. The fraction of sp³-hybridized carbons (Fsp3) is 0.414. The molecule has 1 N–H and O–H groups in total. The lowest BCUT2D eigenvalue weighted by Crippen LogP contribution is -2.51. The number of ether oxygens (including phenoxy) is 1. The molecule has 2 aromatic heterocycles. The number of amides is 1. The van der Waals surface area contributed by atoms with Crippen molar-refractivity contribution in [3.63, 3.8) is 0 Å². The number of aliphatic hydroxyl groups excluding tert-OH is 1. The largest absolute Gasteiger partial charge is 0.444 e. The highest BCUT2D eigenvalue weighted by atomic mass is 127. The molecule has 1 unspecified atom stereocenters. The Bertz CT molecular complexity index is 1340. The third kappa shape index (κ3) is 5.64. The van der Waals surface area contributed by atoms with Crippen LogP contribution in [-0.4, -0.2) is 67.3 Å². The summed E-state index contributed by atoms with van der Waals surface area (Å²) in [6, 6.07) is 10.8. The van der Waals surface area contributed by atoms with Crippen molar-refractivity contribution in [2.24, 2.45) is 0 Å². The lowest BCUT2D eigenvalue weighted by atomic mass is 9.92. The third-order valence-electron chi connectivity index (χ3n) is 6.99. The van der Waals surface area contributed by atoms with Crippen molar-refractivity contribution < 1.29 is 14.6 Å². The van der Waals surface area contributed by atoms with Crippen molar-refractivity contribution >= 4 is 40.3 Å². The van der Waals surface area contributed by atoms with Gasteiger partial charge in [0, 0.05) is 55.7 Å². The van der Waals surface area contributed by atoms with Crippen LogP contribution in [0.5, 0.6) is 0 Å². The zero-order chi connectivity index (χ0) is 26.9. The van der Waals surface area contributed by atoms with Crippen molar-refractivity contribution in [2.75, 3.05) is 26.2 Å². The summed E-state index contributed by atoms with van der Waals surface area (Å²) in [6.07, 6.45) is 7.48. The van der Waals surface area contributed by atoms with E-state index in [-0.39, 0.29) is 18.7 Å². The smallest absolute Gasteiger partial charge is 0.410 e. The second kappa shape index (κ2) is 11.2. The fourth-order valence-corrected chi connectivity index (χ4v) is 5.68. The van der Waals surface area contributed by atoms with Crippen molar-refractivity contribution in [3.8, 4) is 0 Å². The molecule has 3 aromatic rings. The van der Waals surface area contributed by atoms with Gasteiger partial charge in [-0.1, -0.05) is 46.9 Å². The van der Waals surface area contributed by atoms with Gasteiger partial charge in [0.05, 0.1) is 11.7 Å². The van der Waals surface area contributed by atoms with Crippen LogP contribution in [0.15, 0.2) is 48.9 Å². The number of carbonyl (C=O) groups is 1. The van der Waals surface area contributed by atoms with Crippen LogP contribution in [0.1, 0.15) is 60.6 Å². The molecule has 9 heteroatoms. The molecular formula is C29H34IN5O3. The average molecular weight is 628 g/mol. The molecule has 38 heavy (non-hydrogen) atoms. The molecule has 2 aliphatic rings. The average Bonchev–Trinajstić information content (AvgIpc) is 3.30. The molecular weight excluding hydrogens is 593 g/mol. The molecule has 0 bridgehead atoms. The van der Waals surface area contributed by atoms with E-state index in [1.54, 1.807) is 11.1 Å². The van der Waals surface area contributed by atoms with E-state index in [9.17, 15) is 9.90 Å². The number of allylic oxidation sites excluding steroid dienone is 1. The summed E-state index contributed by atoms with van der Waals surface area (Å²) < 4.78 is 8.54. The zero-order valence-electron chi connectivity index (χ0n) is 22.1. The highest BCUT2D eigenvalue weighted by molar-refractivity contribution is 14.1. The molecule has 3 heterocycles. The normalized spacial score (nSPS) is 17.9. The minimum Gasteiger partial charge on any atom is -0.444 e. The number of alkyl halides is 1. The molecule has 1 aliphatic carbocycles. The molecule has 1 amide bonds. The monoisotopic (exact) mass is 627 g/mol. The van der Waals surface area contributed by atoms with E-state index in [4.69, 9.17) is 9.72 Å². The second-order valence-corrected chi connectivity index (χ2v) is 11.5. The summed E-state index contributed by atoms with van der Waals surface area (Å²) in [5.74, 6) is 0.642. The number of nitrogens with zero attached hydrogens (tertiary/aromatic N) is 5. The number of benzene rings is 1. The number of aliphatic hydroxyl groups is 1. The summed E-state index contributed by atoms with van der Waals surface area (Å²) >= 11 is 2.41. The number of carbonyl (C=O) groups excluding carboxylic acids is 1. The Morgan fingerprint density at radius 3 is 2.63 bits per heavy atom. The molecule has 1 saturated heterocycles. The summed E-state index contributed by atoms with van der Waals surface area (Å²) in [4.78, 5) is 26.1. The predicted octanol–water partition coefficient (Wildman–Crippen LogP) is 4.90. The maximum atomic E-state index is 12.7. The van der Waals surface area contributed by atoms with E-state index in [0.29, 0.717) is 25.5 Å². The molecule has 8 nitrogen and oxygen atoms in total. The van der Waals surface area contributed by atoms with Crippen LogP contribution in [0, 0.1) is 0 Å². The predicted molar refractivity (Wildman–Crippen MR) is 156 cm³/mol. The molecule has 0 spiro atoms. The van der Waals surface area contributed by atoms with Crippen LogP contribution in [0.25, 0.3) is 11.6 Å². The Labute approximate surface area is 237 Å². The van der Waals surface area contributed by atoms with Crippen LogP contribution < -0.4 is 0 Å². The Kier molecular flexibility index (Phi) is 7.88. The van der Waals surface area contributed by atoms with Gasteiger partial charge in [0.15, 0.2) is 0 Å². The number of hydrogen-bond acceptors (Lipinski definition) is 6. The summed E-state index contributed by atoms with van der Waals surface area (Å²) in [6.45, 7) is 8.83. The van der Waals surface area contributed by atoms with Gasteiger partial charge in [-0.05, 0) is 60.7 Å². The van der Waals surface area contributed by atoms with Gasteiger partial charge in [-0.3, -0.25) is 9.88 Å². The first-order valence-electron chi connectivity index (χ1n) is 12.9. The molecule has 1 fully saturated rings. The van der Waals surface area contributed by atoms with Gasteiger partial charge in [-0.25, -0.2) is 9.78 Å². The van der Waals surface area contributed by atoms with Gasteiger partial charge < -0.3 is 19.3 Å². The molecule has 0 saturated carbocycles. The van der Waals surface area contributed by atoms with Crippen molar-refractivity contribution in [2.45, 2.75) is 50.0 Å². The number of aromatic nitrogens is 3. The molecule has 1 aromatic carbocycles. The van der Waals surface area contributed by atoms with Crippen LogP contribution >= 0.6 is 22.6 Å². The van der Waals surface area contributed by atoms with Crippen LogP contribution in [0.2, 0.25) is 0 Å². The first-order valence-corrected chi connectivity index (χ1v) is 14.5. The van der Waals surface area contributed by atoms with Gasteiger partial charge in [-0.15, -0.1) is 0 Å². The topological polar surface area (TPSA) is 83.7 Å². The Hall–Kier alpha value is -2.76. The molecule has 0 radical (unpaired) electrons. The van der Waals surface area contributed by atoms with E-state index in [2.05, 4.69) is 62.8 Å². The van der Waals surface area contributed by atoms with E-state index in [1.165, 1.54) is 16.7 Å². The lowest BCUT2D eigenvalue weighted by Gasteiger charge is -2.40. The number of hydrogen-bond donors (Lipinski definition) is 1. The van der Waals surface area contributed by atoms with Crippen LogP contribution in [0.3, 0.4) is 0 Å². The number of piperazine rings is 1. The highest BCUT2D eigenvalue weighted by Crippen LogP contribution is 2.40. The first-order chi connectivity index (χ1) is 18.3. The number of rotatable bonds is 5. The zero-order valence-corrected chi connectivity index (χ0v) is 24.3. The van der Waals surface area contributed by atoms with Gasteiger partial charge in [0.2, 0.25) is 0 Å². The van der Waals surface area contributed by atoms with Crippen molar-refractivity contribution in [1.82, 2.24) is 24.3 Å². The second-order valence-electron chi connectivity index (χ2n) is 10.7. The molecule has 5 rings (SSSR count). The maximum Gasteiger partial charge on any atom is 0.410 e. The van der Waals surface area contributed by atoms with Gasteiger partial charge in [0.25, 0.3) is 0 Å². The number of halogens is 1. The minimum absolute atomic E-state index is 0.0425. The number of fused-ring (bicyclic) bond motifs is 2. The lowest BCUT2D eigenvalue weighted by molar-refractivity contribution is 0.0118. The van der Waals surface area contributed by atoms with Gasteiger partial charge in [0.1, 0.15) is 18.0 Å². The van der Waals surface area contributed by atoms with Gasteiger partial charge in [-0.2, -0.15) is 0 Å². The number of imidazole rings is 1. The summed E-state index contributed by atoms with van der Waals surface area (Å²) in [5.41, 5.74) is 6.40. The Balaban J connectivity index is 1.52. The van der Waals surface area contributed by atoms with E-state index in [1.807, 2.05) is 43.8 Å². The molecule has 1 atom stereocenters. The van der Waals surface area contributed by atoms with Crippen molar-refractivity contribution in [1.29, 1.82) is 0 Å². The fourth-order valence-electron chi connectivity index (χ4n) is 5.21. The first kappa shape index (κ1) is 26.8. The van der Waals surface area contributed by atoms with Crippen LogP contribution in [-0.2, 0) is 22.3 Å². The summed E-state index contributed by atoms with van der Waals surface area (Å²) in [5, 5.41) is 9.81. The van der Waals surface area contributed by atoms with Crippen LogP contribution in [0.4, 0.5) is 4.79 Å².